The Morgan fingerprint density at radius 3 is 3.00 bits per heavy atom. The van der Waals surface area contributed by atoms with Crippen molar-refractivity contribution in [2.45, 2.75) is 0 Å². The number of aromatic nitrogens is 2. The molecule has 1 aromatic heterocycles. The molecule has 0 unspecified atom stereocenters. The second-order valence-electron chi connectivity index (χ2n) is 0.915. The van der Waals surface area contributed by atoms with Crippen LogP contribution in [0.1, 0.15) is 5.69 Å². The summed E-state index contributed by atoms with van der Waals surface area (Å²) >= 11 is 0. The van der Waals surface area contributed by atoms with E-state index in [2.05, 4.69) is 14.9 Å². The lowest BCUT2D eigenvalue weighted by Gasteiger charge is -1.58. The first-order valence-electron chi connectivity index (χ1n) is 1.63. The van der Waals surface area contributed by atoms with E-state index in [9.17, 15) is 0 Å². The summed E-state index contributed by atoms with van der Waals surface area (Å²) in [7, 11) is 0. The maximum Gasteiger partial charge on any atom is 0.178 e. The minimum Gasteiger partial charge on any atom is -0.344 e. The molecule has 0 aliphatic heterocycles. The van der Waals surface area contributed by atoms with E-state index >= 15 is 0 Å². The fourth-order valence-electron chi connectivity index (χ4n) is 0.219. The van der Waals surface area contributed by atoms with Crippen molar-refractivity contribution in [3.8, 4) is 5.92 Å². The zero-order valence-corrected chi connectivity index (χ0v) is 3.38. The van der Waals surface area contributed by atoms with Gasteiger partial charge < -0.3 is 4.52 Å². The van der Waals surface area contributed by atoms with Gasteiger partial charge in [-0.1, -0.05) is 0 Å². The van der Waals surface area contributed by atoms with Crippen LogP contribution < -0.4 is 0 Å². The van der Waals surface area contributed by atoms with Gasteiger partial charge in [0.15, 0.2) is 12.0 Å². The normalized spacial score (nSPS) is 7.86. The van der Waals surface area contributed by atoms with Gasteiger partial charge in [-0.2, -0.15) is 0 Å². The third-order valence-electron chi connectivity index (χ3n) is 0.488. The summed E-state index contributed by atoms with van der Waals surface area (Å²) in [6.07, 6.45) is 7.69. The van der Waals surface area contributed by atoms with Gasteiger partial charge in [0.25, 0.3) is 0 Å². The zero-order chi connectivity index (χ0) is 5.11. The van der Waals surface area contributed by atoms with Gasteiger partial charge in [0.05, 0.1) is 0 Å². The van der Waals surface area contributed by atoms with Crippen molar-refractivity contribution < 1.29 is 4.52 Å². The maximum absolute atomic E-state index is 6.45. The number of rotatable bonds is 0. The van der Waals surface area contributed by atoms with E-state index in [0.29, 0.717) is 5.69 Å². The molecular weight excluding hydrogens is 92.1 g/mol. The third-order valence-corrected chi connectivity index (χ3v) is 0.488. The van der Waals surface area contributed by atoms with Gasteiger partial charge in [-0.25, -0.2) is 0 Å². The molecule has 1 aromatic rings. The quantitative estimate of drug-likeness (QED) is 0.424. The molecule has 0 aliphatic rings. The van der Waals surface area contributed by atoms with Crippen LogP contribution in [0.15, 0.2) is 10.8 Å². The van der Waals surface area contributed by atoms with Crippen LogP contribution in [0.5, 0.6) is 0 Å². The molecule has 7 heavy (non-hydrogen) atoms. The largest absolute Gasteiger partial charge is 0.344 e. The average molecular weight is 93.1 g/mol. The van der Waals surface area contributed by atoms with Gasteiger partial charge in [-0.3, -0.25) is 0 Å². The summed E-state index contributed by atoms with van der Waals surface area (Å²) < 4.78 is 4.26. The highest BCUT2D eigenvalue weighted by Gasteiger charge is 1.85. The lowest BCUT2D eigenvalue weighted by Crippen LogP contribution is -1.68. The van der Waals surface area contributed by atoms with Gasteiger partial charge in [0.1, 0.15) is 0 Å². The summed E-state index contributed by atoms with van der Waals surface area (Å²) in [6.45, 7) is 0. The Bertz CT molecular complexity index is 172. The summed E-state index contributed by atoms with van der Waals surface area (Å²) in [4.78, 5) is 0. The average Bonchev–Trinajstić information content (AvgIpc) is 2.14. The molecule has 3 nitrogen and oxygen atoms in total. The van der Waals surface area contributed by atoms with E-state index in [1.165, 1.54) is 6.26 Å². The lowest BCUT2D eigenvalue weighted by molar-refractivity contribution is 0.393. The molecule has 0 bridgehead atoms. The predicted octanol–water partition coefficient (Wildman–Crippen LogP) is 0.00749. The topological polar surface area (TPSA) is 38.9 Å². The van der Waals surface area contributed by atoms with E-state index in [4.69, 9.17) is 6.42 Å². The van der Waals surface area contributed by atoms with Gasteiger partial charge >= 0.3 is 0 Å². The van der Waals surface area contributed by atoms with Crippen molar-refractivity contribution in [3.05, 3.63) is 18.4 Å². The zero-order valence-electron chi connectivity index (χ0n) is 3.38. The molecule has 0 aliphatic carbocycles. The van der Waals surface area contributed by atoms with E-state index < -0.39 is 0 Å². The first-order valence-corrected chi connectivity index (χ1v) is 1.63. The second-order valence-corrected chi connectivity index (χ2v) is 0.915. The number of hydrogen-bond donors (Lipinski definition) is 0. The van der Waals surface area contributed by atoms with Crippen molar-refractivity contribution in [1.29, 1.82) is 0 Å². The molecule has 33 valence electrons. The second kappa shape index (κ2) is 1.43. The first-order chi connectivity index (χ1) is 3.43. The lowest BCUT2D eigenvalue weighted by atomic mass is 10.5. The highest BCUT2D eigenvalue weighted by Crippen LogP contribution is 1.83. The Kier molecular flexibility index (Phi) is 0.794. The Morgan fingerprint density at radius 1 is 1.86 bits per heavy atom. The molecule has 0 aromatic carbocycles. The Hall–Kier alpha value is -1.30. The van der Waals surface area contributed by atoms with Crippen molar-refractivity contribution in [2.24, 2.45) is 0 Å². The molecule has 1 radical (unpaired) electrons. The fourth-order valence-corrected chi connectivity index (χ4v) is 0.219. The number of hydrogen-bond acceptors (Lipinski definition) is 3. The molecule has 3 heteroatoms. The first kappa shape index (κ1) is 3.88. The third kappa shape index (κ3) is 0.578. The highest BCUT2D eigenvalue weighted by atomic mass is 16.5. The number of nitrogens with zero attached hydrogens (tertiary/aromatic N) is 2. The summed E-state index contributed by atoms with van der Waals surface area (Å²) in [5, 5.41) is 6.40. The van der Waals surface area contributed by atoms with Crippen molar-refractivity contribution in [1.82, 2.24) is 10.4 Å². The Balaban J connectivity index is 3.04. The molecule has 1 rings (SSSR count). The van der Waals surface area contributed by atoms with Crippen molar-refractivity contribution in [2.75, 3.05) is 0 Å². The Morgan fingerprint density at radius 2 is 2.71 bits per heavy atom. The van der Waals surface area contributed by atoms with Gasteiger partial charge in [-0.05, 0) is 12.3 Å². The molecule has 0 amide bonds. The standard InChI is InChI=1S/C4HN2O/c1-2-4-3-7-6-5-4/h3H. The van der Waals surface area contributed by atoms with Crippen LogP contribution in [0.2, 0.25) is 0 Å². The highest BCUT2D eigenvalue weighted by molar-refractivity contribution is 5.13. The van der Waals surface area contributed by atoms with Crippen molar-refractivity contribution in [3.63, 3.8) is 0 Å². The summed E-state index contributed by atoms with van der Waals surface area (Å²) in [6, 6.07) is 0. The van der Waals surface area contributed by atoms with Crippen LogP contribution in [0.25, 0.3) is 0 Å². The molecule has 0 N–H and O–H groups in total. The SMILES string of the molecule is [C]#Cc1conn1. The predicted molar refractivity (Wildman–Crippen MR) is 20.5 cm³/mol. The molecule has 1 heterocycles. The van der Waals surface area contributed by atoms with Crippen LogP contribution in [-0.2, 0) is 0 Å². The van der Waals surface area contributed by atoms with Gasteiger partial charge in [0.2, 0.25) is 0 Å². The molecule has 0 atom stereocenters. The monoisotopic (exact) mass is 93.0 g/mol. The van der Waals surface area contributed by atoms with Gasteiger partial charge in [0, 0.05) is 5.27 Å². The minimum absolute atomic E-state index is 0.319. The maximum atomic E-state index is 6.45. The molecule has 0 saturated carbocycles. The van der Waals surface area contributed by atoms with E-state index in [0.717, 1.165) is 0 Å². The molecule has 0 fully saturated rings. The molecule has 0 spiro atoms. The van der Waals surface area contributed by atoms with Crippen LogP contribution >= 0.6 is 0 Å². The van der Waals surface area contributed by atoms with Crippen molar-refractivity contribution >= 4 is 0 Å². The van der Waals surface area contributed by atoms with E-state index in [-0.39, 0.29) is 0 Å². The van der Waals surface area contributed by atoms with E-state index in [1.807, 2.05) is 5.92 Å². The van der Waals surface area contributed by atoms with E-state index in [1.54, 1.807) is 0 Å². The summed E-state index contributed by atoms with van der Waals surface area (Å²) in [5.74, 6) is 1.99. The van der Waals surface area contributed by atoms with Crippen LogP contribution in [-0.4, -0.2) is 10.4 Å². The smallest absolute Gasteiger partial charge is 0.178 e. The van der Waals surface area contributed by atoms with Crippen LogP contribution in [0.3, 0.4) is 0 Å². The fraction of sp³-hybridized carbons (Fsp3) is 0. The molecule has 0 saturated heterocycles. The van der Waals surface area contributed by atoms with Crippen LogP contribution in [0.4, 0.5) is 0 Å². The Labute approximate surface area is 40.3 Å². The van der Waals surface area contributed by atoms with Gasteiger partial charge in [-0.15, -0.1) is 5.10 Å². The minimum atomic E-state index is 0.319. The summed E-state index contributed by atoms with van der Waals surface area (Å²) in [5.41, 5.74) is 0.319. The van der Waals surface area contributed by atoms with Crippen LogP contribution in [0, 0.1) is 12.3 Å². The molecular formula is C4HN2O.